The van der Waals surface area contributed by atoms with E-state index in [2.05, 4.69) is 5.92 Å². The maximum atomic E-state index is 14.3. The van der Waals surface area contributed by atoms with Crippen molar-refractivity contribution >= 4 is 11.6 Å². The van der Waals surface area contributed by atoms with Crippen molar-refractivity contribution in [2.45, 2.75) is 6.61 Å². The van der Waals surface area contributed by atoms with Gasteiger partial charge in [0, 0.05) is 21.7 Å². The van der Waals surface area contributed by atoms with E-state index in [0.717, 1.165) is 5.56 Å². The third-order valence-corrected chi connectivity index (χ3v) is 3.84. The van der Waals surface area contributed by atoms with Crippen molar-refractivity contribution in [3.05, 3.63) is 88.7 Å². The largest absolute Gasteiger partial charge is 0.488 e. The summed E-state index contributed by atoms with van der Waals surface area (Å²) in [6.45, 7) is 0.372. The van der Waals surface area contributed by atoms with Gasteiger partial charge in [0.05, 0.1) is 0 Å². The highest BCUT2D eigenvalue weighted by atomic mass is 35.5. The Balaban J connectivity index is 1.98. The van der Waals surface area contributed by atoms with Crippen LogP contribution >= 0.6 is 11.6 Å². The second-order valence-corrected chi connectivity index (χ2v) is 5.69. The highest BCUT2D eigenvalue weighted by Gasteiger charge is 2.12. The predicted octanol–water partition coefficient (Wildman–Crippen LogP) is 5.71. The first-order chi connectivity index (χ1) is 11.7. The lowest BCUT2D eigenvalue weighted by Crippen LogP contribution is -1.98. The summed E-state index contributed by atoms with van der Waals surface area (Å²) in [6.07, 6.45) is 5.47. The second-order valence-electron chi connectivity index (χ2n) is 5.25. The smallest absolute Gasteiger partial charge is 0.132 e. The molecule has 0 aromatic heterocycles. The summed E-state index contributed by atoms with van der Waals surface area (Å²) >= 11 is 5.84. The topological polar surface area (TPSA) is 9.23 Å². The Labute approximate surface area is 145 Å². The third kappa shape index (κ3) is 3.59. The van der Waals surface area contributed by atoms with E-state index in [1.165, 1.54) is 6.07 Å². The first-order valence-electron chi connectivity index (χ1n) is 7.40. The minimum atomic E-state index is -0.402. The SMILES string of the molecule is C#Cc1ccc(-c2ccc(Cl)cc2F)c(OCc2ccccc2)c1. The van der Waals surface area contributed by atoms with Crippen LogP contribution in [0.3, 0.4) is 0 Å². The van der Waals surface area contributed by atoms with E-state index in [0.29, 0.717) is 34.1 Å². The van der Waals surface area contributed by atoms with E-state index < -0.39 is 5.82 Å². The number of terminal acetylenes is 1. The summed E-state index contributed by atoms with van der Waals surface area (Å²) in [5.41, 5.74) is 2.76. The van der Waals surface area contributed by atoms with Crippen molar-refractivity contribution < 1.29 is 9.13 Å². The van der Waals surface area contributed by atoms with Crippen LogP contribution in [0.5, 0.6) is 5.75 Å². The molecule has 0 spiro atoms. The fourth-order valence-corrected chi connectivity index (χ4v) is 2.56. The molecule has 0 aliphatic carbocycles. The summed E-state index contributed by atoms with van der Waals surface area (Å²) in [6, 6.07) is 19.6. The number of hydrogen-bond acceptors (Lipinski definition) is 1. The molecule has 0 N–H and O–H groups in total. The fraction of sp³-hybridized carbons (Fsp3) is 0.0476. The fourth-order valence-electron chi connectivity index (χ4n) is 2.40. The molecular formula is C21H14ClFO. The maximum Gasteiger partial charge on any atom is 0.132 e. The molecule has 0 bridgehead atoms. The molecule has 0 heterocycles. The molecule has 0 saturated heterocycles. The normalized spacial score (nSPS) is 10.2. The molecule has 0 radical (unpaired) electrons. The molecule has 3 heteroatoms. The zero-order chi connectivity index (χ0) is 16.9. The van der Waals surface area contributed by atoms with Crippen LogP contribution in [0.1, 0.15) is 11.1 Å². The van der Waals surface area contributed by atoms with Crippen LogP contribution < -0.4 is 4.74 Å². The Hall–Kier alpha value is -2.76. The molecule has 118 valence electrons. The Morgan fingerprint density at radius 2 is 1.71 bits per heavy atom. The van der Waals surface area contributed by atoms with Gasteiger partial charge in [0.1, 0.15) is 18.2 Å². The highest BCUT2D eigenvalue weighted by molar-refractivity contribution is 6.30. The average molecular weight is 337 g/mol. The van der Waals surface area contributed by atoms with Crippen LogP contribution in [-0.2, 0) is 6.61 Å². The van der Waals surface area contributed by atoms with Crippen LogP contribution in [0.4, 0.5) is 4.39 Å². The molecule has 1 nitrogen and oxygen atoms in total. The van der Waals surface area contributed by atoms with Gasteiger partial charge < -0.3 is 4.74 Å². The van der Waals surface area contributed by atoms with E-state index in [1.807, 2.05) is 30.3 Å². The van der Waals surface area contributed by atoms with Crippen molar-refractivity contribution in [3.8, 4) is 29.2 Å². The maximum absolute atomic E-state index is 14.3. The lowest BCUT2D eigenvalue weighted by molar-refractivity contribution is 0.307. The number of benzene rings is 3. The van der Waals surface area contributed by atoms with Gasteiger partial charge in [0.25, 0.3) is 0 Å². The van der Waals surface area contributed by atoms with Gasteiger partial charge in [-0.2, -0.15) is 0 Å². The molecular weight excluding hydrogens is 323 g/mol. The second kappa shape index (κ2) is 7.21. The third-order valence-electron chi connectivity index (χ3n) is 3.61. The van der Waals surface area contributed by atoms with Crippen molar-refractivity contribution in [1.29, 1.82) is 0 Å². The van der Waals surface area contributed by atoms with Crippen molar-refractivity contribution in [2.24, 2.45) is 0 Å². The van der Waals surface area contributed by atoms with Gasteiger partial charge in [0.2, 0.25) is 0 Å². The number of ether oxygens (including phenoxy) is 1. The van der Waals surface area contributed by atoms with Gasteiger partial charge in [-0.3, -0.25) is 0 Å². The lowest BCUT2D eigenvalue weighted by Gasteiger charge is -2.13. The minimum absolute atomic E-state index is 0.350. The van der Waals surface area contributed by atoms with Crippen LogP contribution in [0, 0.1) is 18.2 Å². The Morgan fingerprint density at radius 3 is 2.42 bits per heavy atom. The average Bonchev–Trinajstić information content (AvgIpc) is 2.61. The van der Waals surface area contributed by atoms with E-state index in [4.69, 9.17) is 22.8 Å². The monoisotopic (exact) mass is 336 g/mol. The van der Waals surface area contributed by atoms with Crippen molar-refractivity contribution in [2.75, 3.05) is 0 Å². The molecule has 24 heavy (non-hydrogen) atoms. The van der Waals surface area contributed by atoms with E-state index in [9.17, 15) is 4.39 Å². The molecule has 3 aromatic rings. The van der Waals surface area contributed by atoms with Crippen LogP contribution in [0.2, 0.25) is 5.02 Å². The number of hydrogen-bond donors (Lipinski definition) is 0. The predicted molar refractivity (Wildman–Crippen MR) is 95.6 cm³/mol. The summed E-state index contributed by atoms with van der Waals surface area (Å²) in [5.74, 6) is 2.71. The van der Waals surface area contributed by atoms with E-state index in [-0.39, 0.29) is 0 Å². The summed E-state index contributed by atoms with van der Waals surface area (Å²) in [5, 5.41) is 0.350. The summed E-state index contributed by atoms with van der Waals surface area (Å²) in [7, 11) is 0. The molecule has 0 fully saturated rings. The van der Waals surface area contributed by atoms with E-state index in [1.54, 1.807) is 30.3 Å². The molecule has 0 saturated carbocycles. The van der Waals surface area contributed by atoms with Crippen LogP contribution in [0.15, 0.2) is 66.7 Å². The van der Waals surface area contributed by atoms with Gasteiger partial charge in [-0.15, -0.1) is 6.42 Å². The van der Waals surface area contributed by atoms with Gasteiger partial charge in [-0.05, 0) is 42.0 Å². The summed E-state index contributed by atoms with van der Waals surface area (Å²) < 4.78 is 20.2. The minimum Gasteiger partial charge on any atom is -0.488 e. The Bertz CT molecular complexity index is 897. The van der Waals surface area contributed by atoms with E-state index >= 15 is 0 Å². The Kier molecular flexibility index (Phi) is 4.84. The zero-order valence-electron chi connectivity index (χ0n) is 12.8. The first-order valence-corrected chi connectivity index (χ1v) is 7.78. The number of rotatable bonds is 4. The van der Waals surface area contributed by atoms with Crippen LogP contribution in [-0.4, -0.2) is 0 Å². The van der Waals surface area contributed by atoms with Gasteiger partial charge in [0.15, 0.2) is 0 Å². The molecule has 0 atom stereocenters. The van der Waals surface area contributed by atoms with Crippen molar-refractivity contribution in [3.63, 3.8) is 0 Å². The molecule has 0 aliphatic rings. The zero-order valence-corrected chi connectivity index (χ0v) is 13.6. The summed E-state index contributed by atoms with van der Waals surface area (Å²) in [4.78, 5) is 0. The quantitative estimate of drug-likeness (QED) is 0.555. The highest BCUT2D eigenvalue weighted by Crippen LogP contribution is 2.34. The first kappa shape index (κ1) is 16.1. The van der Waals surface area contributed by atoms with Gasteiger partial charge >= 0.3 is 0 Å². The lowest BCUT2D eigenvalue weighted by atomic mass is 10.0. The number of halogens is 2. The Morgan fingerprint density at radius 1 is 0.958 bits per heavy atom. The standard InChI is InChI=1S/C21H14ClFO/c1-2-15-8-10-19(18-11-9-17(22)13-20(18)23)21(12-15)24-14-16-6-4-3-5-7-16/h1,3-13H,14H2. The molecule has 3 aromatic carbocycles. The molecule has 0 amide bonds. The molecule has 3 rings (SSSR count). The van der Waals surface area contributed by atoms with Gasteiger partial charge in [-0.25, -0.2) is 4.39 Å². The van der Waals surface area contributed by atoms with Crippen molar-refractivity contribution in [1.82, 2.24) is 0 Å². The van der Waals surface area contributed by atoms with Crippen LogP contribution in [0.25, 0.3) is 11.1 Å². The van der Waals surface area contributed by atoms with Gasteiger partial charge in [-0.1, -0.05) is 47.9 Å². The molecule has 0 unspecified atom stereocenters. The molecule has 0 aliphatic heterocycles.